The number of esters is 2. The number of Topliss-reactive ketones (excluding diaryl/α,β-unsaturated/α-hetero) is 1. The van der Waals surface area contributed by atoms with Crippen LogP contribution in [0, 0.1) is 0 Å². The fraction of sp³-hybridized carbons (Fsp3) is 0.267. The number of hydrogen-bond donors (Lipinski definition) is 1. The van der Waals surface area contributed by atoms with Crippen LogP contribution in [0.5, 0.6) is 0 Å². The van der Waals surface area contributed by atoms with Gasteiger partial charge in [-0.2, -0.15) is 0 Å². The highest BCUT2D eigenvalue weighted by Crippen LogP contribution is 2.24. The average Bonchev–Trinajstić information content (AvgIpc) is 2.86. The van der Waals surface area contributed by atoms with Crippen molar-refractivity contribution in [3.63, 3.8) is 0 Å². The molecule has 1 heterocycles. The zero-order valence-corrected chi connectivity index (χ0v) is 11.8. The predicted octanol–water partition coefficient (Wildman–Crippen LogP) is 2.09. The molecular formula is C15H15NO5. The van der Waals surface area contributed by atoms with Crippen molar-refractivity contribution < 1.29 is 23.9 Å². The molecule has 2 aromatic rings. The van der Waals surface area contributed by atoms with E-state index in [1.807, 2.05) is 0 Å². The van der Waals surface area contributed by atoms with E-state index in [1.54, 1.807) is 38.1 Å². The van der Waals surface area contributed by atoms with Crippen molar-refractivity contribution in [1.82, 2.24) is 4.98 Å². The zero-order chi connectivity index (χ0) is 15.4. The molecule has 0 radical (unpaired) electrons. The van der Waals surface area contributed by atoms with Gasteiger partial charge in [0.15, 0.2) is 0 Å². The molecule has 0 aliphatic heterocycles. The number of hydrogen-bond acceptors (Lipinski definition) is 5. The summed E-state index contributed by atoms with van der Waals surface area (Å²) in [6.45, 7) is 3.52. The minimum atomic E-state index is -0.993. The number of aromatic amines is 1. The first-order valence-corrected chi connectivity index (χ1v) is 6.59. The maximum absolute atomic E-state index is 12.2. The van der Waals surface area contributed by atoms with E-state index < -0.39 is 17.7 Å². The van der Waals surface area contributed by atoms with Gasteiger partial charge in [-0.15, -0.1) is 0 Å². The lowest BCUT2D eigenvalue weighted by Crippen LogP contribution is -2.20. The van der Waals surface area contributed by atoms with E-state index in [2.05, 4.69) is 4.98 Å². The van der Waals surface area contributed by atoms with Gasteiger partial charge in [-0.3, -0.25) is 4.79 Å². The molecule has 21 heavy (non-hydrogen) atoms. The number of benzene rings is 1. The number of fused-ring (bicyclic) bond motifs is 1. The molecule has 6 heteroatoms. The van der Waals surface area contributed by atoms with Crippen LogP contribution in [-0.4, -0.2) is 35.9 Å². The van der Waals surface area contributed by atoms with Crippen LogP contribution in [0.25, 0.3) is 10.9 Å². The van der Waals surface area contributed by atoms with Crippen molar-refractivity contribution >= 4 is 28.6 Å². The molecule has 0 fully saturated rings. The number of carbonyl (C=O) groups is 3. The Morgan fingerprint density at radius 1 is 1.05 bits per heavy atom. The third-order valence-corrected chi connectivity index (χ3v) is 2.87. The molecule has 0 saturated heterocycles. The Balaban J connectivity index is 2.58. The SMILES string of the molecule is CCOC(=O)C(=O)c1c(C(=O)OCC)[nH]c2ccccc12. The van der Waals surface area contributed by atoms with Crippen molar-refractivity contribution in [2.75, 3.05) is 13.2 Å². The standard InChI is InChI=1S/C15H15NO5/c1-3-20-14(18)12-11(13(17)15(19)21-4-2)9-7-5-6-8-10(9)16-12/h5-8,16H,3-4H2,1-2H3. The van der Waals surface area contributed by atoms with E-state index in [1.165, 1.54) is 0 Å². The van der Waals surface area contributed by atoms with Gasteiger partial charge < -0.3 is 14.5 Å². The molecule has 2 rings (SSSR count). The number of rotatable bonds is 5. The highest BCUT2D eigenvalue weighted by Gasteiger charge is 2.29. The van der Waals surface area contributed by atoms with Crippen LogP contribution in [0.4, 0.5) is 0 Å². The van der Waals surface area contributed by atoms with E-state index in [0.717, 1.165) is 0 Å². The molecule has 0 saturated carbocycles. The van der Waals surface area contributed by atoms with Crippen LogP contribution in [0.1, 0.15) is 34.7 Å². The largest absolute Gasteiger partial charge is 0.461 e. The molecule has 0 unspecified atom stereocenters. The lowest BCUT2D eigenvalue weighted by atomic mass is 10.1. The average molecular weight is 289 g/mol. The van der Waals surface area contributed by atoms with Crippen molar-refractivity contribution in [3.8, 4) is 0 Å². The Morgan fingerprint density at radius 2 is 1.71 bits per heavy atom. The van der Waals surface area contributed by atoms with Gasteiger partial charge in [0.2, 0.25) is 0 Å². The number of aromatic nitrogens is 1. The first-order chi connectivity index (χ1) is 10.1. The Hall–Kier alpha value is -2.63. The first-order valence-electron chi connectivity index (χ1n) is 6.59. The Bertz CT molecular complexity index is 701. The lowest BCUT2D eigenvalue weighted by Gasteiger charge is -2.03. The number of para-hydroxylation sites is 1. The quantitative estimate of drug-likeness (QED) is 0.517. The molecule has 0 spiro atoms. The Kier molecular flexibility index (Phi) is 4.37. The normalized spacial score (nSPS) is 10.4. The molecule has 0 atom stereocenters. The van der Waals surface area contributed by atoms with Gasteiger partial charge >= 0.3 is 11.9 Å². The Labute approximate surface area is 121 Å². The summed E-state index contributed by atoms with van der Waals surface area (Å²) < 4.78 is 9.63. The number of ether oxygens (including phenoxy) is 2. The van der Waals surface area contributed by atoms with E-state index >= 15 is 0 Å². The minimum Gasteiger partial charge on any atom is -0.461 e. The highest BCUT2D eigenvalue weighted by atomic mass is 16.5. The van der Waals surface area contributed by atoms with Crippen LogP contribution in [-0.2, 0) is 14.3 Å². The summed E-state index contributed by atoms with van der Waals surface area (Å²) in [4.78, 5) is 38.7. The van der Waals surface area contributed by atoms with Crippen molar-refractivity contribution in [1.29, 1.82) is 0 Å². The smallest absolute Gasteiger partial charge is 0.379 e. The molecule has 6 nitrogen and oxygen atoms in total. The molecule has 0 amide bonds. The van der Waals surface area contributed by atoms with E-state index in [-0.39, 0.29) is 24.5 Å². The van der Waals surface area contributed by atoms with Crippen LogP contribution in [0.15, 0.2) is 24.3 Å². The van der Waals surface area contributed by atoms with Crippen LogP contribution in [0.2, 0.25) is 0 Å². The summed E-state index contributed by atoms with van der Waals surface area (Å²) in [6.07, 6.45) is 0. The molecule has 110 valence electrons. The fourth-order valence-electron chi connectivity index (χ4n) is 2.03. The highest BCUT2D eigenvalue weighted by molar-refractivity contribution is 6.44. The molecule has 1 aromatic heterocycles. The third kappa shape index (κ3) is 2.79. The van der Waals surface area contributed by atoms with Crippen molar-refractivity contribution in [2.24, 2.45) is 0 Å². The molecule has 0 bridgehead atoms. The van der Waals surface area contributed by atoms with Gasteiger partial charge in [0, 0.05) is 10.9 Å². The first kappa shape index (κ1) is 14.8. The monoisotopic (exact) mass is 289 g/mol. The summed E-state index contributed by atoms with van der Waals surface area (Å²) in [7, 11) is 0. The number of carbonyl (C=O) groups excluding carboxylic acids is 3. The van der Waals surface area contributed by atoms with E-state index in [9.17, 15) is 14.4 Å². The molecule has 0 aliphatic rings. The Morgan fingerprint density at radius 3 is 2.38 bits per heavy atom. The van der Waals surface area contributed by atoms with Gasteiger partial charge in [0.05, 0.1) is 18.8 Å². The second-order valence-electron chi connectivity index (χ2n) is 4.19. The third-order valence-electron chi connectivity index (χ3n) is 2.87. The number of ketones is 1. The van der Waals surface area contributed by atoms with Crippen LogP contribution in [0.3, 0.4) is 0 Å². The topological polar surface area (TPSA) is 85.5 Å². The van der Waals surface area contributed by atoms with Crippen molar-refractivity contribution in [2.45, 2.75) is 13.8 Å². The summed E-state index contributed by atoms with van der Waals surface area (Å²) in [5, 5.41) is 0.485. The van der Waals surface area contributed by atoms with Gasteiger partial charge in [-0.25, -0.2) is 9.59 Å². The minimum absolute atomic E-state index is 0.0116. The van der Waals surface area contributed by atoms with Gasteiger partial charge in [-0.1, -0.05) is 18.2 Å². The molecule has 0 aliphatic carbocycles. The van der Waals surface area contributed by atoms with Crippen LogP contribution < -0.4 is 0 Å². The summed E-state index contributed by atoms with van der Waals surface area (Å²) in [6, 6.07) is 6.83. The van der Waals surface area contributed by atoms with Gasteiger partial charge in [0.25, 0.3) is 5.78 Å². The second kappa shape index (κ2) is 6.21. The van der Waals surface area contributed by atoms with Gasteiger partial charge in [-0.05, 0) is 19.9 Å². The van der Waals surface area contributed by atoms with Crippen LogP contribution >= 0.6 is 0 Å². The molecule has 1 aromatic carbocycles. The van der Waals surface area contributed by atoms with Crippen molar-refractivity contribution in [3.05, 3.63) is 35.5 Å². The maximum Gasteiger partial charge on any atom is 0.379 e. The van der Waals surface area contributed by atoms with E-state index in [0.29, 0.717) is 10.9 Å². The fourth-order valence-corrected chi connectivity index (χ4v) is 2.03. The number of nitrogens with one attached hydrogen (secondary N) is 1. The summed E-state index contributed by atoms with van der Waals surface area (Å²) in [5.41, 5.74) is 0.534. The van der Waals surface area contributed by atoms with E-state index in [4.69, 9.17) is 9.47 Å². The predicted molar refractivity (Wildman–Crippen MR) is 75.2 cm³/mol. The number of H-pyrrole nitrogens is 1. The zero-order valence-electron chi connectivity index (χ0n) is 11.8. The lowest BCUT2D eigenvalue weighted by molar-refractivity contribution is -0.137. The molecule has 1 N–H and O–H groups in total. The summed E-state index contributed by atoms with van der Waals surface area (Å²) in [5.74, 6) is -2.54. The van der Waals surface area contributed by atoms with Gasteiger partial charge in [0.1, 0.15) is 5.69 Å². The molecular weight excluding hydrogens is 274 g/mol. The summed E-state index contributed by atoms with van der Waals surface area (Å²) >= 11 is 0. The maximum atomic E-state index is 12.2. The second-order valence-corrected chi connectivity index (χ2v) is 4.19.